The largest absolute Gasteiger partial charge is 0.455 e. The number of furan rings is 1. The molecule has 3 heteroatoms. The summed E-state index contributed by atoms with van der Waals surface area (Å²) in [5.74, 6) is 0. The molecule has 0 aliphatic heterocycles. The molecule has 0 saturated carbocycles. The predicted octanol–water partition coefficient (Wildman–Crippen LogP) is 2.95. The van der Waals surface area contributed by atoms with Crippen LogP contribution in [-0.2, 0) is 10.8 Å². The first-order valence-electron chi connectivity index (χ1n) is 4.12. The van der Waals surface area contributed by atoms with Crippen molar-refractivity contribution in [2.75, 3.05) is 0 Å². The number of hydrogen-bond donors (Lipinski definition) is 0. The lowest BCUT2D eigenvalue weighted by Gasteiger charge is -2.10. The van der Waals surface area contributed by atoms with Crippen molar-refractivity contribution in [1.82, 2.24) is 0 Å². The zero-order valence-electron chi connectivity index (χ0n) is 8.11. The molecule has 1 atom stereocenters. The molecular formula is C10H14O2S. The van der Waals surface area contributed by atoms with Crippen LogP contribution in [0.5, 0.6) is 0 Å². The van der Waals surface area contributed by atoms with Gasteiger partial charge >= 0.3 is 0 Å². The maximum absolute atomic E-state index is 11.5. The fourth-order valence-corrected chi connectivity index (χ4v) is 1.74. The Balaban J connectivity index is 2.67. The van der Waals surface area contributed by atoms with Crippen LogP contribution in [0.3, 0.4) is 0 Å². The first-order chi connectivity index (χ1) is 5.99. The lowest BCUT2D eigenvalue weighted by molar-refractivity contribution is 0.466. The van der Waals surface area contributed by atoms with E-state index in [0.717, 1.165) is 0 Å². The number of allylic oxidation sites excluding steroid dienone is 1. The maximum atomic E-state index is 11.5. The summed E-state index contributed by atoms with van der Waals surface area (Å²) in [5.41, 5.74) is 0.0578. The minimum Gasteiger partial charge on any atom is -0.455 e. The van der Waals surface area contributed by atoms with Crippen molar-refractivity contribution in [3.63, 3.8) is 0 Å². The van der Waals surface area contributed by atoms with Gasteiger partial charge in [-0.2, -0.15) is 0 Å². The highest BCUT2D eigenvalue weighted by molar-refractivity contribution is 7.87. The van der Waals surface area contributed by atoms with Gasteiger partial charge in [-0.3, -0.25) is 0 Å². The Kier molecular flexibility index (Phi) is 3.09. The fraction of sp³-hybridized carbons (Fsp3) is 0.400. The second-order valence-electron chi connectivity index (χ2n) is 3.90. The van der Waals surface area contributed by atoms with E-state index in [1.807, 2.05) is 6.08 Å². The highest BCUT2D eigenvalue weighted by atomic mass is 32.2. The van der Waals surface area contributed by atoms with Crippen LogP contribution in [0, 0.1) is 5.41 Å². The van der Waals surface area contributed by atoms with Gasteiger partial charge in [-0.15, -0.1) is 0 Å². The molecule has 1 heterocycles. The lowest BCUT2D eigenvalue weighted by Crippen LogP contribution is -1.99. The van der Waals surface area contributed by atoms with Gasteiger partial charge in [-0.1, -0.05) is 26.8 Å². The topological polar surface area (TPSA) is 30.2 Å². The van der Waals surface area contributed by atoms with E-state index in [0.29, 0.717) is 5.09 Å². The normalized spacial score (nSPS) is 15.0. The quantitative estimate of drug-likeness (QED) is 0.731. The summed E-state index contributed by atoms with van der Waals surface area (Å²) in [5, 5.41) is 2.17. The lowest BCUT2D eigenvalue weighted by atomic mass is 9.98. The molecule has 72 valence electrons. The standard InChI is InChI=1S/C10H14O2S/c1-10(2,3)6-8-13(11)9-5-4-7-12-9/h4-8H,1-3H3/b8-6+. The molecule has 0 N–H and O–H groups in total. The zero-order valence-corrected chi connectivity index (χ0v) is 8.93. The minimum atomic E-state index is -1.15. The summed E-state index contributed by atoms with van der Waals surface area (Å²) in [6.07, 6.45) is 3.45. The van der Waals surface area contributed by atoms with Gasteiger partial charge in [0.15, 0.2) is 5.09 Å². The van der Waals surface area contributed by atoms with Gasteiger partial charge in [0.05, 0.1) is 6.26 Å². The van der Waals surface area contributed by atoms with E-state index < -0.39 is 10.8 Å². The molecule has 2 nitrogen and oxygen atoms in total. The average molecular weight is 198 g/mol. The van der Waals surface area contributed by atoms with Gasteiger partial charge in [0.25, 0.3) is 0 Å². The molecule has 1 rings (SSSR count). The van der Waals surface area contributed by atoms with Crippen molar-refractivity contribution >= 4 is 10.8 Å². The Labute approximate surface area is 81.1 Å². The molecule has 1 aromatic rings. The van der Waals surface area contributed by atoms with Crippen LogP contribution < -0.4 is 0 Å². The van der Waals surface area contributed by atoms with Crippen molar-refractivity contribution in [3.05, 3.63) is 29.9 Å². The summed E-state index contributed by atoms with van der Waals surface area (Å²) in [7, 11) is -1.15. The first-order valence-corrected chi connectivity index (χ1v) is 5.34. The van der Waals surface area contributed by atoms with Crippen molar-refractivity contribution in [2.45, 2.75) is 25.9 Å². The van der Waals surface area contributed by atoms with Crippen LogP contribution in [-0.4, -0.2) is 4.21 Å². The van der Waals surface area contributed by atoms with Crippen molar-refractivity contribution in [1.29, 1.82) is 0 Å². The average Bonchev–Trinajstić information content (AvgIpc) is 2.50. The van der Waals surface area contributed by atoms with Gasteiger partial charge in [0, 0.05) is 5.41 Å². The highest BCUT2D eigenvalue weighted by Gasteiger charge is 2.07. The molecule has 0 aliphatic rings. The highest BCUT2D eigenvalue weighted by Crippen LogP contribution is 2.16. The van der Waals surface area contributed by atoms with Crippen LogP contribution in [0.25, 0.3) is 0 Å². The molecule has 1 aromatic heterocycles. The van der Waals surface area contributed by atoms with Gasteiger partial charge in [-0.05, 0) is 17.5 Å². The fourth-order valence-electron chi connectivity index (χ4n) is 0.711. The minimum absolute atomic E-state index is 0.0578. The molecule has 1 unspecified atom stereocenters. The van der Waals surface area contributed by atoms with Crippen LogP contribution in [0.1, 0.15) is 20.8 Å². The Morgan fingerprint density at radius 2 is 2.15 bits per heavy atom. The number of rotatable bonds is 2. The van der Waals surface area contributed by atoms with Crippen LogP contribution in [0.4, 0.5) is 0 Å². The van der Waals surface area contributed by atoms with E-state index in [2.05, 4.69) is 20.8 Å². The predicted molar refractivity (Wildman–Crippen MR) is 53.7 cm³/mol. The summed E-state index contributed by atoms with van der Waals surface area (Å²) < 4.78 is 16.5. The molecule has 0 fully saturated rings. The van der Waals surface area contributed by atoms with Crippen molar-refractivity contribution in [3.8, 4) is 0 Å². The van der Waals surface area contributed by atoms with Crippen LogP contribution in [0.2, 0.25) is 0 Å². The molecule has 0 aromatic carbocycles. The van der Waals surface area contributed by atoms with E-state index in [-0.39, 0.29) is 5.41 Å². The van der Waals surface area contributed by atoms with Crippen molar-refractivity contribution in [2.24, 2.45) is 5.41 Å². The molecule has 0 aliphatic carbocycles. The van der Waals surface area contributed by atoms with E-state index >= 15 is 0 Å². The molecule has 0 saturated heterocycles. The maximum Gasteiger partial charge on any atom is 0.194 e. The van der Waals surface area contributed by atoms with E-state index in [4.69, 9.17) is 4.42 Å². The van der Waals surface area contributed by atoms with Gasteiger partial charge in [-0.25, -0.2) is 4.21 Å². The summed E-state index contributed by atoms with van der Waals surface area (Å²) in [4.78, 5) is 0. The Morgan fingerprint density at radius 3 is 2.62 bits per heavy atom. The first kappa shape index (κ1) is 10.3. The summed E-state index contributed by atoms with van der Waals surface area (Å²) in [6, 6.07) is 3.45. The van der Waals surface area contributed by atoms with Gasteiger partial charge in [0.2, 0.25) is 0 Å². The monoisotopic (exact) mass is 198 g/mol. The van der Waals surface area contributed by atoms with E-state index in [1.165, 1.54) is 6.26 Å². The van der Waals surface area contributed by atoms with E-state index in [1.54, 1.807) is 17.5 Å². The smallest absolute Gasteiger partial charge is 0.194 e. The zero-order chi connectivity index (χ0) is 9.90. The second-order valence-corrected chi connectivity index (χ2v) is 5.17. The van der Waals surface area contributed by atoms with Crippen LogP contribution in [0.15, 0.2) is 39.4 Å². The molecule has 13 heavy (non-hydrogen) atoms. The third-order valence-corrected chi connectivity index (χ3v) is 2.40. The molecule has 0 amide bonds. The molecule has 0 spiro atoms. The third kappa shape index (κ3) is 3.59. The Bertz CT molecular complexity index is 304. The SMILES string of the molecule is CC(C)(C)/C=C/S(=O)c1ccco1. The summed E-state index contributed by atoms with van der Waals surface area (Å²) in [6.45, 7) is 6.18. The van der Waals surface area contributed by atoms with E-state index in [9.17, 15) is 4.21 Å². The Hall–Kier alpha value is -0.830. The van der Waals surface area contributed by atoms with Crippen molar-refractivity contribution < 1.29 is 8.63 Å². The Morgan fingerprint density at radius 1 is 1.46 bits per heavy atom. The molecular weight excluding hydrogens is 184 g/mol. The second kappa shape index (κ2) is 3.92. The van der Waals surface area contributed by atoms with Gasteiger partial charge < -0.3 is 4.42 Å². The number of hydrogen-bond acceptors (Lipinski definition) is 2. The molecule has 0 radical (unpaired) electrons. The van der Waals surface area contributed by atoms with Gasteiger partial charge in [0.1, 0.15) is 10.8 Å². The third-order valence-electron chi connectivity index (χ3n) is 1.38. The van der Waals surface area contributed by atoms with Crippen LogP contribution >= 0.6 is 0 Å². The summed E-state index contributed by atoms with van der Waals surface area (Å²) >= 11 is 0. The molecule has 0 bridgehead atoms.